The summed E-state index contributed by atoms with van der Waals surface area (Å²) in [4.78, 5) is 16.8. The lowest BCUT2D eigenvalue weighted by molar-refractivity contribution is -0.231. The van der Waals surface area contributed by atoms with Gasteiger partial charge >= 0.3 is 0 Å². The van der Waals surface area contributed by atoms with Crippen molar-refractivity contribution >= 4 is 21.8 Å². The molecule has 148 valence electrons. The highest BCUT2D eigenvalue weighted by Crippen LogP contribution is 2.35. The minimum absolute atomic E-state index is 0.0483. The molecule has 4 aliphatic heterocycles. The zero-order chi connectivity index (χ0) is 19.3. The van der Waals surface area contributed by atoms with Crippen molar-refractivity contribution in [3.63, 3.8) is 0 Å². The Morgan fingerprint density at radius 2 is 2.11 bits per heavy atom. The van der Waals surface area contributed by atoms with E-state index in [9.17, 15) is 13.2 Å². The Morgan fingerprint density at radius 1 is 1.30 bits per heavy atom. The van der Waals surface area contributed by atoms with Crippen LogP contribution in [-0.4, -0.2) is 79.8 Å². The summed E-state index contributed by atoms with van der Waals surface area (Å²) in [5.41, 5.74) is -0.717. The van der Waals surface area contributed by atoms with Crippen molar-refractivity contribution in [3.05, 3.63) is 23.9 Å². The van der Waals surface area contributed by atoms with Gasteiger partial charge in [-0.15, -0.1) is 4.40 Å². The first-order chi connectivity index (χ1) is 12.7. The van der Waals surface area contributed by atoms with Gasteiger partial charge in [0.2, 0.25) is 0 Å². The predicted octanol–water partition coefficient (Wildman–Crippen LogP) is 0.671. The summed E-state index contributed by atoms with van der Waals surface area (Å²) in [6.45, 7) is 6.25. The van der Waals surface area contributed by atoms with Crippen molar-refractivity contribution in [3.8, 4) is 0 Å². The van der Waals surface area contributed by atoms with E-state index in [4.69, 9.17) is 9.47 Å². The maximum atomic E-state index is 13.4. The fourth-order valence-electron chi connectivity index (χ4n) is 4.24. The van der Waals surface area contributed by atoms with Crippen LogP contribution < -0.4 is 0 Å². The molecule has 1 unspecified atom stereocenters. The first-order valence-electron chi connectivity index (χ1n) is 9.24. The SMILES string of the molecule is CC1(C)CN(C(=O)C2=CC=CN3CCS(=O)(=O)N=C23)CC2(CCCOC2)O1. The van der Waals surface area contributed by atoms with Crippen LogP contribution in [0, 0.1) is 0 Å². The highest BCUT2D eigenvalue weighted by atomic mass is 32.2. The van der Waals surface area contributed by atoms with Crippen LogP contribution in [0.4, 0.5) is 0 Å². The fraction of sp³-hybridized carbons (Fsp3) is 0.667. The Labute approximate surface area is 159 Å². The topological polar surface area (TPSA) is 88.5 Å². The molecule has 4 rings (SSSR count). The molecule has 0 saturated carbocycles. The van der Waals surface area contributed by atoms with Crippen LogP contribution in [-0.2, 0) is 24.3 Å². The summed E-state index contributed by atoms with van der Waals surface area (Å²) in [6, 6.07) is 0. The summed E-state index contributed by atoms with van der Waals surface area (Å²) in [5.74, 6) is -0.0543. The maximum Gasteiger partial charge on any atom is 0.257 e. The van der Waals surface area contributed by atoms with E-state index in [2.05, 4.69) is 4.40 Å². The monoisotopic (exact) mass is 395 g/mol. The van der Waals surface area contributed by atoms with Crippen LogP contribution in [0.2, 0.25) is 0 Å². The number of fused-ring (bicyclic) bond motifs is 1. The first kappa shape index (κ1) is 18.6. The van der Waals surface area contributed by atoms with Crippen LogP contribution in [0.25, 0.3) is 0 Å². The van der Waals surface area contributed by atoms with Crippen LogP contribution in [0.5, 0.6) is 0 Å². The summed E-state index contributed by atoms with van der Waals surface area (Å²) in [7, 11) is -3.54. The third-order valence-corrected chi connectivity index (χ3v) is 6.35. The molecule has 1 atom stereocenters. The summed E-state index contributed by atoms with van der Waals surface area (Å²) >= 11 is 0. The summed E-state index contributed by atoms with van der Waals surface area (Å²) < 4.78 is 39.8. The van der Waals surface area contributed by atoms with Gasteiger partial charge in [0.25, 0.3) is 15.9 Å². The molecule has 0 aromatic heterocycles. The third kappa shape index (κ3) is 3.68. The number of amidine groups is 1. The molecule has 0 aromatic carbocycles. The molecule has 0 aliphatic carbocycles. The number of carbonyl (C=O) groups is 1. The lowest BCUT2D eigenvalue weighted by Gasteiger charge is -2.51. The lowest BCUT2D eigenvalue weighted by Crippen LogP contribution is -2.64. The number of morpholine rings is 1. The molecule has 4 heterocycles. The van der Waals surface area contributed by atoms with Gasteiger partial charge in [0, 0.05) is 25.9 Å². The van der Waals surface area contributed by atoms with E-state index in [1.807, 2.05) is 13.8 Å². The molecule has 2 saturated heterocycles. The molecular weight excluding hydrogens is 370 g/mol. The average Bonchev–Trinajstić information content (AvgIpc) is 2.59. The average molecular weight is 395 g/mol. The van der Waals surface area contributed by atoms with Crippen molar-refractivity contribution in [1.82, 2.24) is 9.80 Å². The number of hydrogen-bond acceptors (Lipinski definition) is 6. The number of sulfonamides is 1. The molecule has 0 bridgehead atoms. The number of carbonyl (C=O) groups excluding carboxylic acids is 1. The van der Waals surface area contributed by atoms with E-state index in [0.29, 0.717) is 38.4 Å². The van der Waals surface area contributed by atoms with Gasteiger partial charge in [-0.3, -0.25) is 4.79 Å². The van der Waals surface area contributed by atoms with Crippen molar-refractivity contribution in [2.24, 2.45) is 4.40 Å². The van der Waals surface area contributed by atoms with E-state index in [-0.39, 0.29) is 17.5 Å². The number of rotatable bonds is 1. The van der Waals surface area contributed by atoms with Gasteiger partial charge in [-0.05, 0) is 38.8 Å². The number of amides is 1. The Balaban J connectivity index is 1.64. The number of allylic oxidation sites excluding steroid dienone is 2. The van der Waals surface area contributed by atoms with Crippen LogP contribution >= 0.6 is 0 Å². The molecule has 8 nitrogen and oxygen atoms in total. The van der Waals surface area contributed by atoms with E-state index in [0.717, 1.165) is 12.8 Å². The van der Waals surface area contributed by atoms with Crippen LogP contribution in [0.15, 0.2) is 28.3 Å². The standard InChI is InChI=1S/C18H25N3O5S/c1-17(2)11-21(12-18(26-17)6-4-9-25-13-18)16(22)14-5-3-7-20-8-10-27(23,24)19-15(14)20/h3,5,7H,4,6,8-13H2,1-2H3. The number of ether oxygens (including phenoxy) is 2. The Morgan fingerprint density at radius 3 is 2.85 bits per heavy atom. The van der Waals surface area contributed by atoms with Gasteiger partial charge in [0.05, 0.1) is 30.1 Å². The fourth-order valence-corrected chi connectivity index (χ4v) is 5.23. The second-order valence-corrected chi connectivity index (χ2v) is 9.93. The maximum absolute atomic E-state index is 13.4. The second-order valence-electron chi connectivity index (χ2n) is 8.18. The molecule has 2 fully saturated rings. The first-order valence-corrected chi connectivity index (χ1v) is 10.9. The van der Waals surface area contributed by atoms with Gasteiger partial charge in [0.15, 0.2) is 5.84 Å². The largest absolute Gasteiger partial charge is 0.378 e. The van der Waals surface area contributed by atoms with Gasteiger partial charge in [0.1, 0.15) is 5.60 Å². The smallest absolute Gasteiger partial charge is 0.257 e. The molecule has 9 heteroatoms. The van der Waals surface area contributed by atoms with Crippen molar-refractivity contribution < 1.29 is 22.7 Å². The minimum atomic E-state index is -3.54. The Bertz CT molecular complexity index is 837. The van der Waals surface area contributed by atoms with E-state index in [1.54, 1.807) is 28.2 Å². The predicted molar refractivity (Wildman–Crippen MR) is 99.7 cm³/mol. The van der Waals surface area contributed by atoms with Gasteiger partial charge < -0.3 is 19.3 Å². The quantitative estimate of drug-likeness (QED) is 0.648. The zero-order valence-electron chi connectivity index (χ0n) is 15.7. The molecular formula is C18H25N3O5S. The molecule has 0 N–H and O–H groups in total. The summed E-state index contributed by atoms with van der Waals surface area (Å²) in [5, 5.41) is 0. The molecule has 4 aliphatic rings. The third-order valence-electron chi connectivity index (χ3n) is 5.20. The number of hydrogen-bond donors (Lipinski definition) is 0. The van der Waals surface area contributed by atoms with Crippen molar-refractivity contribution in [1.29, 1.82) is 0 Å². The van der Waals surface area contributed by atoms with Crippen molar-refractivity contribution in [2.45, 2.75) is 37.9 Å². The van der Waals surface area contributed by atoms with Gasteiger partial charge in [-0.2, -0.15) is 0 Å². The van der Waals surface area contributed by atoms with E-state index < -0.39 is 21.2 Å². The van der Waals surface area contributed by atoms with Gasteiger partial charge in [-0.25, -0.2) is 8.42 Å². The van der Waals surface area contributed by atoms with Gasteiger partial charge in [-0.1, -0.05) is 0 Å². The van der Waals surface area contributed by atoms with E-state index >= 15 is 0 Å². The highest BCUT2D eigenvalue weighted by molar-refractivity contribution is 7.90. The summed E-state index contributed by atoms with van der Waals surface area (Å²) in [6.07, 6.45) is 6.88. The Hall–Kier alpha value is -1.71. The molecule has 1 amide bonds. The second kappa shape index (κ2) is 6.42. The normalized spacial score (nSPS) is 31.9. The minimum Gasteiger partial charge on any atom is -0.378 e. The van der Waals surface area contributed by atoms with E-state index in [1.165, 1.54) is 0 Å². The lowest BCUT2D eigenvalue weighted by atomic mass is 9.90. The van der Waals surface area contributed by atoms with Crippen molar-refractivity contribution in [2.75, 3.05) is 38.6 Å². The molecule has 0 radical (unpaired) electrons. The molecule has 1 spiro atoms. The molecule has 0 aromatic rings. The highest BCUT2D eigenvalue weighted by Gasteiger charge is 2.47. The zero-order valence-corrected chi connectivity index (χ0v) is 16.5. The Kier molecular flexibility index (Phi) is 4.44. The number of nitrogens with zero attached hydrogens (tertiary/aromatic N) is 3. The van der Waals surface area contributed by atoms with Crippen LogP contribution in [0.3, 0.4) is 0 Å². The van der Waals surface area contributed by atoms with Crippen LogP contribution in [0.1, 0.15) is 26.7 Å². The molecule has 27 heavy (non-hydrogen) atoms.